The Bertz CT molecular complexity index is 1340. The van der Waals surface area contributed by atoms with Gasteiger partial charge >= 0.3 is 12.1 Å². The number of ether oxygens (including phenoxy) is 1. The molecule has 0 radical (unpaired) electrons. The number of aromatic nitrogens is 1. The lowest BCUT2D eigenvalue weighted by atomic mass is 9.93. The Kier molecular flexibility index (Phi) is 5.22. The number of aromatic carboxylic acids is 1. The predicted octanol–water partition coefficient (Wildman–Crippen LogP) is 5.79. The Morgan fingerprint density at radius 1 is 0.969 bits per heavy atom. The second kappa shape index (κ2) is 7.88. The number of hydrogen-bond donors (Lipinski definition) is 2. The summed E-state index contributed by atoms with van der Waals surface area (Å²) in [6.45, 7) is 0. The van der Waals surface area contributed by atoms with E-state index in [1.807, 2.05) is 0 Å². The zero-order valence-corrected chi connectivity index (χ0v) is 16.7. The topological polar surface area (TPSA) is 79.4 Å². The van der Waals surface area contributed by atoms with Gasteiger partial charge in [-0.25, -0.2) is 4.79 Å². The standard InChI is InChI=1S/C24H16F3NO4/c1-32-16-10-8-13(9-11-16)19-20-17(6-3-7-18(20)28-21(19)23(30)31)22(29)14-4-2-5-15(12-14)24(25,26)27/h2-12,28H,1H3,(H,30,31). The lowest BCUT2D eigenvalue weighted by Crippen LogP contribution is -2.08. The number of alkyl halides is 3. The number of carbonyl (C=O) groups excluding carboxylic acids is 1. The third kappa shape index (κ3) is 3.71. The van der Waals surface area contributed by atoms with E-state index in [4.69, 9.17) is 4.74 Å². The maximum atomic E-state index is 13.3. The molecule has 0 spiro atoms. The molecule has 0 unspecified atom stereocenters. The third-order valence-corrected chi connectivity index (χ3v) is 5.11. The Hall–Kier alpha value is -4.07. The van der Waals surface area contributed by atoms with E-state index in [1.165, 1.54) is 25.3 Å². The van der Waals surface area contributed by atoms with Crippen LogP contribution in [0, 0.1) is 0 Å². The Morgan fingerprint density at radius 3 is 2.28 bits per heavy atom. The van der Waals surface area contributed by atoms with Crippen LogP contribution in [0.2, 0.25) is 0 Å². The van der Waals surface area contributed by atoms with Crippen molar-refractivity contribution in [2.45, 2.75) is 6.18 Å². The lowest BCUT2D eigenvalue weighted by molar-refractivity contribution is -0.137. The summed E-state index contributed by atoms with van der Waals surface area (Å²) in [7, 11) is 1.50. The first kappa shape index (κ1) is 21.2. The molecule has 4 rings (SSSR count). The summed E-state index contributed by atoms with van der Waals surface area (Å²) in [5.41, 5.74) is 0.0407. The van der Waals surface area contributed by atoms with Gasteiger partial charge in [0.05, 0.1) is 12.7 Å². The smallest absolute Gasteiger partial charge is 0.416 e. The maximum absolute atomic E-state index is 13.3. The number of rotatable bonds is 5. The number of carboxylic acid groups (broad SMARTS) is 1. The molecule has 0 saturated carbocycles. The fraction of sp³-hybridized carbons (Fsp3) is 0.0833. The van der Waals surface area contributed by atoms with Crippen LogP contribution in [0.25, 0.3) is 22.0 Å². The van der Waals surface area contributed by atoms with E-state index in [0.717, 1.165) is 12.1 Å². The SMILES string of the molecule is COc1ccc(-c2c(C(=O)O)[nH]c3cccc(C(=O)c4cccc(C(F)(F)F)c4)c23)cc1. The molecular weight excluding hydrogens is 423 g/mol. The summed E-state index contributed by atoms with van der Waals surface area (Å²) in [6, 6.07) is 15.4. The molecule has 0 aliphatic rings. The largest absolute Gasteiger partial charge is 0.497 e. The molecule has 4 aromatic rings. The van der Waals surface area contributed by atoms with Crippen molar-refractivity contribution in [3.05, 3.63) is 89.1 Å². The summed E-state index contributed by atoms with van der Waals surface area (Å²) >= 11 is 0. The fourth-order valence-corrected chi connectivity index (χ4v) is 3.64. The van der Waals surface area contributed by atoms with Gasteiger partial charge in [-0.2, -0.15) is 13.2 Å². The number of carboxylic acids is 1. The van der Waals surface area contributed by atoms with E-state index >= 15 is 0 Å². The van der Waals surface area contributed by atoms with E-state index in [9.17, 15) is 27.9 Å². The third-order valence-electron chi connectivity index (χ3n) is 5.11. The van der Waals surface area contributed by atoms with Gasteiger partial charge < -0.3 is 14.8 Å². The van der Waals surface area contributed by atoms with Gasteiger partial charge in [0.25, 0.3) is 0 Å². The second-order valence-electron chi connectivity index (χ2n) is 7.04. The van der Waals surface area contributed by atoms with E-state index in [2.05, 4.69) is 4.98 Å². The molecule has 0 bridgehead atoms. The van der Waals surface area contributed by atoms with E-state index in [0.29, 0.717) is 22.2 Å². The highest BCUT2D eigenvalue weighted by Gasteiger charge is 2.31. The molecule has 0 atom stereocenters. The molecule has 3 aromatic carbocycles. The van der Waals surface area contributed by atoms with Gasteiger partial charge in [-0.3, -0.25) is 4.79 Å². The van der Waals surface area contributed by atoms with Crippen molar-refractivity contribution in [1.29, 1.82) is 0 Å². The van der Waals surface area contributed by atoms with Gasteiger partial charge in [0.1, 0.15) is 11.4 Å². The minimum atomic E-state index is -4.60. The monoisotopic (exact) mass is 439 g/mol. The molecular formula is C24H16F3NO4. The number of halogens is 3. The Labute approximate surface area is 180 Å². The Balaban J connectivity index is 1.95. The summed E-state index contributed by atoms with van der Waals surface area (Å²) < 4.78 is 44.5. The normalized spacial score (nSPS) is 11.5. The fourth-order valence-electron chi connectivity index (χ4n) is 3.64. The summed E-state index contributed by atoms with van der Waals surface area (Å²) in [5.74, 6) is -1.32. The van der Waals surface area contributed by atoms with E-state index in [1.54, 1.807) is 36.4 Å². The van der Waals surface area contributed by atoms with Gasteiger partial charge in [-0.15, -0.1) is 0 Å². The van der Waals surface area contributed by atoms with Crippen LogP contribution in [0.5, 0.6) is 5.75 Å². The second-order valence-corrected chi connectivity index (χ2v) is 7.04. The van der Waals surface area contributed by atoms with Crippen LogP contribution >= 0.6 is 0 Å². The first-order valence-electron chi connectivity index (χ1n) is 9.45. The van der Waals surface area contributed by atoms with Crippen LogP contribution in [0.3, 0.4) is 0 Å². The van der Waals surface area contributed by atoms with Crippen molar-refractivity contribution in [3.63, 3.8) is 0 Å². The lowest BCUT2D eigenvalue weighted by Gasteiger charge is -2.10. The first-order valence-corrected chi connectivity index (χ1v) is 9.45. The van der Waals surface area contributed by atoms with Crippen LogP contribution in [0.1, 0.15) is 32.0 Å². The number of fused-ring (bicyclic) bond motifs is 1. The molecule has 32 heavy (non-hydrogen) atoms. The van der Waals surface area contributed by atoms with Crippen molar-refractivity contribution in [1.82, 2.24) is 4.98 Å². The summed E-state index contributed by atoms with van der Waals surface area (Å²) in [5, 5.41) is 10.1. The van der Waals surface area contributed by atoms with E-state index in [-0.39, 0.29) is 22.4 Å². The molecule has 1 heterocycles. The van der Waals surface area contributed by atoms with Crippen LogP contribution in [-0.2, 0) is 6.18 Å². The Morgan fingerprint density at radius 2 is 1.66 bits per heavy atom. The molecule has 0 saturated heterocycles. The quantitative estimate of drug-likeness (QED) is 0.386. The average Bonchev–Trinajstić information content (AvgIpc) is 3.18. The zero-order valence-electron chi connectivity index (χ0n) is 16.7. The number of ketones is 1. The maximum Gasteiger partial charge on any atom is 0.416 e. The number of H-pyrrole nitrogens is 1. The number of hydrogen-bond acceptors (Lipinski definition) is 3. The van der Waals surface area contributed by atoms with Crippen LogP contribution in [-0.4, -0.2) is 29.0 Å². The highest BCUT2D eigenvalue weighted by Crippen LogP contribution is 2.37. The molecule has 2 N–H and O–H groups in total. The number of aromatic amines is 1. The number of carbonyl (C=O) groups is 2. The molecule has 1 aromatic heterocycles. The summed E-state index contributed by atoms with van der Waals surface area (Å²) in [4.78, 5) is 28.0. The van der Waals surface area contributed by atoms with Crippen molar-refractivity contribution >= 4 is 22.7 Å². The highest BCUT2D eigenvalue weighted by atomic mass is 19.4. The van der Waals surface area contributed by atoms with Crippen LogP contribution in [0.4, 0.5) is 13.2 Å². The van der Waals surface area contributed by atoms with Gasteiger partial charge in [0, 0.05) is 27.6 Å². The molecule has 5 nitrogen and oxygen atoms in total. The van der Waals surface area contributed by atoms with Crippen LogP contribution in [0.15, 0.2) is 66.7 Å². The zero-order chi connectivity index (χ0) is 23.0. The molecule has 0 amide bonds. The molecule has 162 valence electrons. The summed E-state index contributed by atoms with van der Waals surface area (Å²) in [6.07, 6.45) is -4.60. The van der Waals surface area contributed by atoms with Crippen molar-refractivity contribution < 1.29 is 32.6 Å². The average molecular weight is 439 g/mol. The highest BCUT2D eigenvalue weighted by molar-refractivity contribution is 6.21. The molecule has 0 aliphatic heterocycles. The van der Waals surface area contributed by atoms with Gasteiger partial charge in [-0.1, -0.05) is 36.4 Å². The van der Waals surface area contributed by atoms with E-state index < -0.39 is 23.5 Å². The van der Waals surface area contributed by atoms with Crippen molar-refractivity contribution in [2.24, 2.45) is 0 Å². The molecule has 8 heteroatoms. The van der Waals surface area contributed by atoms with Gasteiger partial charge in [0.15, 0.2) is 5.78 Å². The minimum absolute atomic E-state index is 0.0939. The number of benzene rings is 3. The minimum Gasteiger partial charge on any atom is -0.497 e. The van der Waals surface area contributed by atoms with Crippen molar-refractivity contribution in [2.75, 3.05) is 7.11 Å². The van der Waals surface area contributed by atoms with Gasteiger partial charge in [0.2, 0.25) is 0 Å². The first-order chi connectivity index (χ1) is 15.2. The molecule has 0 fully saturated rings. The van der Waals surface area contributed by atoms with Crippen LogP contribution < -0.4 is 4.74 Å². The molecule has 0 aliphatic carbocycles. The predicted molar refractivity (Wildman–Crippen MR) is 112 cm³/mol. The van der Waals surface area contributed by atoms with Crippen molar-refractivity contribution in [3.8, 4) is 16.9 Å². The number of nitrogens with one attached hydrogen (secondary N) is 1. The van der Waals surface area contributed by atoms with Gasteiger partial charge in [-0.05, 0) is 35.9 Å². The number of methoxy groups -OCH3 is 1.